The lowest BCUT2D eigenvalue weighted by atomic mass is 10.1. The Labute approximate surface area is 93.9 Å². The molecule has 2 nitrogen and oxygen atoms in total. The topological polar surface area (TPSA) is 30.2 Å². The number of benzene rings is 1. The molecule has 1 aromatic carbocycles. The van der Waals surface area contributed by atoms with Crippen molar-refractivity contribution in [3.8, 4) is 11.8 Å². The maximum atomic E-state index is 11.3. The zero-order chi connectivity index (χ0) is 11.4. The maximum absolute atomic E-state index is 11.3. The summed E-state index contributed by atoms with van der Waals surface area (Å²) in [4.78, 5) is 11.3. The maximum Gasteiger partial charge on any atom is 0.337 e. The smallest absolute Gasteiger partial charge is 0.337 e. The van der Waals surface area contributed by atoms with Crippen LogP contribution in [0.4, 0.5) is 0 Å². The first kappa shape index (κ1) is 10.5. The van der Waals surface area contributed by atoms with Gasteiger partial charge in [-0.15, -0.1) is 0 Å². The number of fused-ring (bicyclic) bond motifs is 1. The van der Waals surface area contributed by atoms with Gasteiger partial charge in [0.05, 0.1) is 0 Å². The molecule has 2 aromatic rings. The number of hydrogen-bond donors (Lipinski definition) is 0. The van der Waals surface area contributed by atoms with Crippen molar-refractivity contribution in [1.29, 1.82) is 0 Å². The zero-order valence-electron chi connectivity index (χ0n) is 9.12. The molecule has 80 valence electrons. The highest BCUT2D eigenvalue weighted by molar-refractivity contribution is 5.82. The van der Waals surface area contributed by atoms with Gasteiger partial charge in [-0.1, -0.05) is 30.9 Å². The molecule has 1 aromatic heterocycles. The molecule has 2 heteroatoms. The fourth-order valence-corrected chi connectivity index (χ4v) is 1.50. The summed E-state index contributed by atoms with van der Waals surface area (Å²) in [7, 11) is 0. The van der Waals surface area contributed by atoms with Crippen LogP contribution in [0.1, 0.15) is 25.3 Å². The Balaban J connectivity index is 2.60. The van der Waals surface area contributed by atoms with Gasteiger partial charge in [-0.2, -0.15) is 0 Å². The van der Waals surface area contributed by atoms with Crippen LogP contribution in [0.2, 0.25) is 0 Å². The minimum atomic E-state index is -0.348. The molecule has 0 atom stereocenters. The first-order valence-corrected chi connectivity index (χ1v) is 5.33. The zero-order valence-corrected chi connectivity index (χ0v) is 9.12. The molecule has 0 aliphatic rings. The second kappa shape index (κ2) is 4.67. The minimum Gasteiger partial charge on any atom is -0.423 e. The summed E-state index contributed by atoms with van der Waals surface area (Å²) in [5, 5.41) is 0.894. The van der Waals surface area contributed by atoms with E-state index in [1.54, 1.807) is 6.07 Å². The summed E-state index contributed by atoms with van der Waals surface area (Å²) >= 11 is 0. The first-order valence-electron chi connectivity index (χ1n) is 5.33. The van der Waals surface area contributed by atoms with E-state index in [2.05, 4.69) is 18.8 Å². The molecule has 0 aliphatic heterocycles. The van der Waals surface area contributed by atoms with Crippen molar-refractivity contribution in [3.63, 3.8) is 0 Å². The van der Waals surface area contributed by atoms with Crippen LogP contribution in [0.15, 0.2) is 39.5 Å². The van der Waals surface area contributed by atoms with Crippen LogP contribution in [0, 0.1) is 11.8 Å². The number of hydrogen-bond acceptors (Lipinski definition) is 2. The Morgan fingerprint density at radius 2 is 2.12 bits per heavy atom. The van der Waals surface area contributed by atoms with E-state index < -0.39 is 0 Å². The highest BCUT2D eigenvalue weighted by Crippen LogP contribution is 2.15. The van der Waals surface area contributed by atoms with Gasteiger partial charge in [0.15, 0.2) is 0 Å². The van der Waals surface area contributed by atoms with Crippen LogP contribution >= 0.6 is 0 Å². The fraction of sp³-hybridized carbons (Fsp3) is 0.214. The first-order chi connectivity index (χ1) is 7.81. The third-order valence-electron chi connectivity index (χ3n) is 2.25. The molecular weight excluding hydrogens is 200 g/mol. The number of unbranched alkanes of at least 4 members (excludes halogenated alkanes) is 1. The molecule has 0 saturated heterocycles. The van der Waals surface area contributed by atoms with Gasteiger partial charge in [0.2, 0.25) is 0 Å². The molecular formula is C14H12O2. The van der Waals surface area contributed by atoms with E-state index in [1.807, 2.05) is 18.2 Å². The number of rotatable bonds is 1. The predicted octanol–water partition coefficient (Wildman–Crippen LogP) is 2.94. The molecule has 0 saturated carbocycles. The van der Waals surface area contributed by atoms with E-state index in [4.69, 9.17) is 4.42 Å². The summed E-state index contributed by atoms with van der Waals surface area (Å²) in [5.74, 6) is 6.06. The predicted molar refractivity (Wildman–Crippen MR) is 64.3 cm³/mol. The van der Waals surface area contributed by atoms with Crippen LogP contribution in [-0.4, -0.2) is 0 Å². The summed E-state index contributed by atoms with van der Waals surface area (Å²) in [6, 6.07) is 8.89. The second-order valence-corrected chi connectivity index (χ2v) is 3.53. The molecule has 2 rings (SSSR count). The van der Waals surface area contributed by atoms with E-state index in [0.717, 1.165) is 23.8 Å². The van der Waals surface area contributed by atoms with Crippen molar-refractivity contribution >= 4 is 11.0 Å². The van der Waals surface area contributed by atoms with E-state index in [1.165, 1.54) is 6.07 Å². The van der Waals surface area contributed by atoms with Crippen LogP contribution in [0.5, 0.6) is 0 Å². The van der Waals surface area contributed by atoms with Crippen molar-refractivity contribution in [3.05, 3.63) is 46.3 Å². The molecule has 16 heavy (non-hydrogen) atoms. The summed E-state index contributed by atoms with van der Waals surface area (Å²) < 4.78 is 5.09. The molecule has 0 unspecified atom stereocenters. The lowest BCUT2D eigenvalue weighted by molar-refractivity contribution is 0.560. The van der Waals surface area contributed by atoms with Gasteiger partial charge in [0.1, 0.15) is 5.58 Å². The lowest BCUT2D eigenvalue weighted by Gasteiger charge is -1.97. The third kappa shape index (κ3) is 2.14. The van der Waals surface area contributed by atoms with Gasteiger partial charge in [0.25, 0.3) is 0 Å². The van der Waals surface area contributed by atoms with Gasteiger partial charge >= 0.3 is 5.63 Å². The summed E-state index contributed by atoms with van der Waals surface area (Å²) in [6.45, 7) is 2.08. The molecule has 0 spiro atoms. The largest absolute Gasteiger partial charge is 0.423 e. The molecule has 0 bridgehead atoms. The second-order valence-electron chi connectivity index (χ2n) is 3.53. The van der Waals surface area contributed by atoms with Crippen LogP contribution < -0.4 is 5.63 Å². The van der Waals surface area contributed by atoms with Crippen molar-refractivity contribution in [2.24, 2.45) is 0 Å². The number of para-hydroxylation sites is 1. The fourth-order valence-electron chi connectivity index (χ4n) is 1.50. The Kier molecular flexibility index (Phi) is 3.07. The van der Waals surface area contributed by atoms with Gasteiger partial charge in [-0.05, 0) is 18.6 Å². The van der Waals surface area contributed by atoms with Crippen molar-refractivity contribution in [1.82, 2.24) is 0 Å². The van der Waals surface area contributed by atoms with Gasteiger partial charge in [0, 0.05) is 23.4 Å². The molecule has 0 fully saturated rings. The average molecular weight is 212 g/mol. The van der Waals surface area contributed by atoms with E-state index in [9.17, 15) is 4.79 Å². The monoisotopic (exact) mass is 212 g/mol. The Morgan fingerprint density at radius 1 is 1.31 bits per heavy atom. The molecule has 0 amide bonds. The third-order valence-corrected chi connectivity index (χ3v) is 2.25. The molecule has 1 heterocycles. The van der Waals surface area contributed by atoms with Crippen LogP contribution in [0.3, 0.4) is 0 Å². The van der Waals surface area contributed by atoms with Crippen molar-refractivity contribution < 1.29 is 4.42 Å². The van der Waals surface area contributed by atoms with E-state index in [0.29, 0.717) is 5.58 Å². The average Bonchev–Trinajstić information content (AvgIpc) is 2.29. The standard InChI is InChI=1S/C14H12O2/c1-2-3-4-7-11-10-14(15)16-13-9-6-5-8-12(11)13/h5-6,8-10H,2-3H2,1H3. The quantitative estimate of drug-likeness (QED) is 0.537. The summed E-state index contributed by atoms with van der Waals surface area (Å²) in [6.07, 6.45) is 1.86. The lowest BCUT2D eigenvalue weighted by Crippen LogP contribution is -1.98. The van der Waals surface area contributed by atoms with Gasteiger partial charge in [-0.25, -0.2) is 4.79 Å². The van der Waals surface area contributed by atoms with Gasteiger partial charge < -0.3 is 4.42 Å². The van der Waals surface area contributed by atoms with E-state index in [-0.39, 0.29) is 5.63 Å². The molecule has 0 N–H and O–H groups in total. The van der Waals surface area contributed by atoms with Crippen molar-refractivity contribution in [2.75, 3.05) is 0 Å². The Hall–Kier alpha value is -2.01. The minimum absolute atomic E-state index is 0.348. The van der Waals surface area contributed by atoms with Crippen molar-refractivity contribution in [2.45, 2.75) is 19.8 Å². The highest BCUT2D eigenvalue weighted by Gasteiger charge is 2.01. The SMILES string of the molecule is CCCC#Cc1cc(=O)oc2ccccc12. The van der Waals surface area contributed by atoms with Crippen LogP contribution in [0.25, 0.3) is 11.0 Å². The molecule has 0 aliphatic carbocycles. The summed E-state index contributed by atoms with van der Waals surface area (Å²) in [5.41, 5.74) is 0.996. The highest BCUT2D eigenvalue weighted by atomic mass is 16.4. The normalized spacial score (nSPS) is 9.81. The Morgan fingerprint density at radius 3 is 2.94 bits per heavy atom. The molecule has 0 radical (unpaired) electrons. The van der Waals surface area contributed by atoms with Crippen LogP contribution in [-0.2, 0) is 0 Å². The van der Waals surface area contributed by atoms with Gasteiger partial charge in [-0.3, -0.25) is 0 Å². The van der Waals surface area contributed by atoms with E-state index >= 15 is 0 Å². The Bertz CT molecular complexity index is 612.